The highest BCUT2D eigenvalue weighted by Crippen LogP contribution is 2.45. The molecule has 0 aromatic heterocycles. The topological polar surface area (TPSA) is 37.3 Å². The van der Waals surface area contributed by atoms with Crippen molar-refractivity contribution in [1.29, 1.82) is 0 Å². The number of carbonyl (C=O) groups excluding carboxylic acids is 1. The molecule has 0 aliphatic heterocycles. The minimum absolute atomic E-state index is 0.215. The van der Waals surface area contributed by atoms with Crippen LogP contribution >= 0.6 is 0 Å². The molecule has 2 fully saturated rings. The first-order valence-electron chi connectivity index (χ1n) is 3.95. The summed E-state index contributed by atoms with van der Waals surface area (Å²) in [5.41, 5.74) is 0. The van der Waals surface area contributed by atoms with E-state index in [4.69, 9.17) is 5.11 Å². The Morgan fingerprint density at radius 3 is 2.70 bits per heavy atom. The van der Waals surface area contributed by atoms with E-state index in [1.807, 2.05) is 0 Å². The highest BCUT2D eigenvalue weighted by molar-refractivity contribution is 5.84. The van der Waals surface area contributed by atoms with Crippen molar-refractivity contribution in [3.05, 3.63) is 0 Å². The minimum atomic E-state index is 0.215. The Balaban J connectivity index is 2.12. The molecule has 0 radical (unpaired) electrons. The van der Waals surface area contributed by atoms with Gasteiger partial charge in [-0.05, 0) is 24.7 Å². The molecule has 0 saturated heterocycles. The lowest BCUT2D eigenvalue weighted by molar-refractivity contribution is -0.123. The van der Waals surface area contributed by atoms with Crippen LogP contribution in [0.25, 0.3) is 0 Å². The van der Waals surface area contributed by atoms with Gasteiger partial charge in [0.25, 0.3) is 0 Å². The van der Waals surface area contributed by atoms with E-state index in [1.165, 1.54) is 0 Å². The summed E-state index contributed by atoms with van der Waals surface area (Å²) in [4.78, 5) is 11.1. The molecular formula is C8H12O2. The summed E-state index contributed by atoms with van der Waals surface area (Å²) in [6, 6.07) is 0. The standard InChI is InChI=1S/C8H12O2/c9-4-6-1-5-2-7(6)8(10)3-5/h5-7,9H,1-4H2/t5-,6-,7-/m1/s1. The van der Waals surface area contributed by atoms with E-state index in [1.54, 1.807) is 0 Å². The van der Waals surface area contributed by atoms with Gasteiger partial charge in [-0.1, -0.05) is 0 Å². The van der Waals surface area contributed by atoms with Crippen LogP contribution in [0.2, 0.25) is 0 Å². The maximum absolute atomic E-state index is 11.1. The van der Waals surface area contributed by atoms with Gasteiger partial charge >= 0.3 is 0 Å². The summed E-state index contributed by atoms with van der Waals surface area (Å²) >= 11 is 0. The summed E-state index contributed by atoms with van der Waals surface area (Å²) in [5.74, 6) is 1.56. The number of hydrogen-bond acceptors (Lipinski definition) is 2. The van der Waals surface area contributed by atoms with Gasteiger partial charge in [-0.2, -0.15) is 0 Å². The maximum atomic E-state index is 11.1. The number of aliphatic hydroxyl groups excluding tert-OH is 1. The number of hydrogen-bond donors (Lipinski definition) is 1. The highest BCUT2D eigenvalue weighted by atomic mass is 16.3. The fourth-order valence-corrected chi connectivity index (χ4v) is 2.44. The van der Waals surface area contributed by atoms with E-state index in [0.29, 0.717) is 17.6 Å². The molecule has 2 bridgehead atoms. The van der Waals surface area contributed by atoms with E-state index < -0.39 is 0 Å². The third kappa shape index (κ3) is 0.717. The molecule has 56 valence electrons. The number of aliphatic hydroxyl groups is 1. The molecule has 0 aromatic carbocycles. The van der Waals surface area contributed by atoms with E-state index in [2.05, 4.69) is 0 Å². The summed E-state index contributed by atoms with van der Waals surface area (Å²) in [6.07, 6.45) is 2.94. The molecule has 2 aliphatic rings. The van der Waals surface area contributed by atoms with Gasteiger partial charge in [0.05, 0.1) is 0 Å². The minimum Gasteiger partial charge on any atom is -0.396 e. The van der Waals surface area contributed by atoms with Crippen molar-refractivity contribution in [2.75, 3.05) is 6.61 Å². The number of rotatable bonds is 1. The van der Waals surface area contributed by atoms with Crippen LogP contribution < -0.4 is 0 Å². The summed E-state index contributed by atoms with van der Waals surface area (Å²) < 4.78 is 0. The van der Waals surface area contributed by atoms with Crippen LogP contribution in [0, 0.1) is 17.8 Å². The van der Waals surface area contributed by atoms with Crippen LogP contribution in [-0.4, -0.2) is 17.5 Å². The monoisotopic (exact) mass is 140 g/mol. The van der Waals surface area contributed by atoms with Crippen molar-refractivity contribution in [3.8, 4) is 0 Å². The van der Waals surface area contributed by atoms with Crippen molar-refractivity contribution in [1.82, 2.24) is 0 Å². The molecule has 2 nitrogen and oxygen atoms in total. The van der Waals surface area contributed by atoms with Crippen LogP contribution in [0.5, 0.6) is 0 Å². The van der Waals surface area contributed by atoms with Gasteiger partial charge in [0.15, 0.2) is 0 Å². The highest BCUT2D eigenvalue weighted by Gasteiger charge is 2.44. The third-order valence-corrected chi connectivity index (χ3v) is 2.93. The smallest absolute Gasteiger partial charge is 0.136 e. The van der Waals surface area contributed by atoms with Gasteiger partial charge in [0, 0.05) is 18.9 Å². The second-order valence-electron chi connectivity index (χ2n) is 3.56. The first-order chi connectivity index (χ1) is 4.81. The Hall–Kier alpha value is -0.370. The first-order valence-corrected chi connectivity index (χ1v) is 3.95. The number of ketones is 1. The van der Waals surface area contributed by atoms with Gasteiger partial charge in [-0.25, -0.2) is 0 Å². The molecule has 10 heavy (non-hydrogen) atoms. The molecular weight excluding hydrogens is 128 g/mol. The van der Waals surface area contributed by atoms with Crippen LogP contribution in [0.3, 0.4) is 0 Å². The molecule has 2 heteroatoms. The van der Waals surface area contributed by atoms with Crippen molar-refractivity contribution in [2.24, 2.45) is 17.8 Å². The number of fused-ring (bicyclic) bond motifs is 2. The molecule has 2 saturated carbocycles. The Morgan fingerprint density at radius 1 is 1.50 bits per heavy atom. The van der Waals surface area contributed by atoms with Crippen LogP contribution in [0.1, 0.15) is 19.3 Å². The summed E-state index contributed by atoms with van der Waals surface area (Å²) in [5, 5.41) is 8.85. The normalized spacial score (nSPS) is 44.9. The predicted octanol–water partition coefficient (Wildman–Crippen LogP) is 0.594. The molecule has 2 rings (SSSR count). The molecule has 0 aromatic rings. The largest absolute Gasteiger partial charge is 0.396 e. The Bertz CT molecular complexity index is 165. The van der Waals surface area contributed by atoms with Gasteiger partial charge in [-0.3, -0.25) is 4.79 Å². The van der Waals surface area contributed by atoms with E-state index in [9.17, 15) is 4.79 Å². The second-order valence-corrected chi connectivity index (χ2v) is 3.56. The average Bonchev–Trinajstić information content (AvgIpc) is 2.44. The lowest BCUT2D eigenvalue weighted by atomic mass is 9.89. The zero-order chi connectivity index (χ0) is 7.14. The van der Waals surface area contributed by atoms with Crippen LogP contribution in [0.15, 0.2) is 0 Å². The molecule has 2 aliphatic carbocycles. The molecule has 0 spiro atoms. The van der Waals surface area contributed by atoms with Crippen LogP contribution in [0.4, 0.5) is 0 Å². The van der Waals surface area contributed by atoms with Gasteiger partial charge < -0.3 is 5.11 Å². The zero-order valence-corrected chi connectivity index (χ0v) is 5.92. The Morgan fingerprint density at radius 2 is 2.30 bits per heavy atom. The van der Waals surface area contributed by atoms with E-state index in [0.717, 1.165) is 19.3 Å². The molecule has 3 atom stereocenters. The lowest BCUT2D eigenvalue weighted by Crippen LogP contribution is -2.22. The first kappa shape index (κ1) is 6.35. The van der Waals surface area contributed by atoms with Gasteiger partial charge in [0.1, 0.15) is 5.78 Å². The van der Waals surface area contributed by atoms with Crippen molar-refractivity contribution < 1.29 is 9.90 Å². The van der Waals surface area contributed by atoms with Gasteiger partial charge in [-0.15, -0.1) is 0 Å². The predicted molar refractivity (Wildman–Crippen MR) is 36.4 cm³/mol. The van der Waals surface area contributed by atoms with E-state index >= 15 is 0 Å². The molecule has 0 heterocycles. The lowest BCUT2D eigenvalue weighted by Gasteiger charge is -2.17. The van der Waals surface area contributed by atoms with Crippen molar-refractivity contribution in [3.63, 3.8) is 0 Å². The van der Waals surface area contributed by atoms with Crippen LogP contribution in [-0.2, 0) is 4.79 Å². The molecule has 0 unspecified atom stereocenters. The summed E-state index contributed by atoms with van der Waals surface area (Å²) in [6.45, 7) is 0.215. The fourth-order valence-electron chi connectivity index (χ4n) is 2.44. The molecule has 0 amide bonds. The molecule has 1 N–H and O–H groups in total. The maximum Gasteiger partial charge on any atom is 0.136 e. The van der Waals surface area contributed by atoms with Gasteiger partial charge in [0.2, 0.25) is 0 Å². The summed E-state index contributed by atoms with van der Waals surface area (Å²) in [7, 11) is 0. The quantitative estimate of drug-likeness (QED) is 0.579. The number of carbonyl (C=O) groups is 1. The van der Waals surface area contributed by atoms with Crippen molar-refractivity contribution in [2.45, 2.75) is 19.3 Å². The third-order valence-electron chi connectivity index (χ3n) is 2.93. The Kier molecular flexibility index (Phi) is 1.31. The number of Topliss-reactive ketones (excluding diaryl/α,β-unsaturated/α-hetero) is 1. The second kappa shape index (κ2) is 2.06. The zero-order valence-electron chi connectivity index (χ0n) is 5.92. The van der Waals surface area contributed by atoms with Crippen molar-refractivity contribution >= 4 is 5.78 Å². The van der Waals surface area contributed by atoms with E-state index in [-0.39, 0.29) is 12.5 Å². The fraction of sp³-hybridized carbons (Fsp3) is 0.875. The SMILES string of the molecule is O=C1C[C@@H]2C[C@H](CO)[C@H]1C2. The average molecular weight is 140 g/mol. The Labute approximate surface area is 60.2 Å².